The van der Waals surface area contributed by atoms with Gasteiger partial charge in [0.15, 0.2) is 17.6 Å². The molecule has 2 aromatic rings. The minimum atomic E-state index is -0.517. The van der Waals surface area contributed by atoms with E-state index in [2.05, 4.69) is 12.2 Å². The van der Waals surface area contributed by atoms with E-state index < -0.39 is 6.10 Å². The zero-order valence-corrected chi connectivity index (χ0v) is 18.7. The minimum absolute atomic E-state index is 0.0140. The van der Waals surface area contributed by atoms with Crippen LogP contribution in [0.25, 0.3) is 5.57 Å². The normalized spacial score (nSPS) is 19.7. The Kier molecular flexibility index (Phi) is 5.99. The molecular formula is C23H28N2O4S. The van der Waals surface area contributed by atoms with Gasteiger partial charge in [0.1, 0.15) is 5.76 Å². The molecule has 0 fully saturated rings. The summed E-state index contributed by atoms with van der Waals surface area (Å²) < 4.78 is 17.4. The van der Waals surface area contributed by atoms with Crippen LogP contribution in [0.5, 0.6) is 11.5 Å². The molecule has 2 aliphatic rings. The van der Waals surface area contributed by atoms with Gasteiger partial charge in [-0.3, -0.25) is 4.79 Å². The molecule has 1 N–H and O–H groups in total. The van der Waals surface area contributed by atoms with Crippen LogP contribution < -0.4 is 14.8 Å². The Bertz CT molecular complexity index is 982. The van der Waals surface area contributed by atoms with Gasteiger partial charge in [0.05, 0.1) is 23.9 Å². The van der Waals surface area contributed by atoms with E-state index >= 15 is 0 Å². The zero-order chi connectivity index (χ0) is 21.3. The molecule has 2 atom stereocenters. The third-order valence-corrected chi connectivity index (χ3v) is 6.48. The molecule has 1 aliphatic carbocycles. The van der Waals surface area contributed by atoms with Crippen molar-refractivity contribution in [3.63, 3.8) is 0 Å². The van der Waals surface area contributed by atoms with E-state index in [1.54, 1.807) is 11.3 Å². The van der Waals surface area contributed by atoms with Crippen LogP contribution in [0.4, 0.5) is 0 Å². The Hall–Kier alpha value is -2.54. The molecule has 1 aromatic carbocycles. The Morgan fingerprint density at radius 2 is 2.00 bits per heavy atom. The highest BCUT2D eigenvalue weighted by Gasteiger charge is 2.42. The van der Waals surface area contributed by atoms with Crippen molar-refractivity contribution in [3.05, 3.63) is 45.1 Å². The molecule has 30 heavy (non-hydrogen) atoms. The molecule has 1 aromatic heterocycles. The lowest BCUT2D eigenvalue weighted by atomic mass is 9.89. The number of allylic oxidation sites excluding steroid dienone is 1. The third-order valence-electron chi connectivity index (χ3n) is 5.45. The van der Waals surface area contributed by atoms with Gasteiger partial charge in [-0.1, -0.05) is 13.0 Å². The molecule has 6 nitrogen and oxygen atoms in total. The predicted molar refractivity (Wildman–Crippen MR) is 117 cm³/mol. The number of hydrogen-bond donors (Lipinski definition) is 1. The van der Waals surface area contributed by atoms with Crippen LogP contribution >= 0.6 is 11.3 Å². The molecule has 1 aliphatic heterocycles. The van der Waals surface area contributed by atoms with Crippen molar-refractivity contribution >= 4 is 22.8 Å². The molecule has 7 heteroatoms. The van der Waals surface area contributed by atoms with Gasteiger partial charge in [0, 0.05) is 29.3 Å². The standard InChI is InChI=1S/C23H28N2O4S/c1-5-27-16-8-7-15(11-18(16)28-6-2)12-24-23(26)22-13(3)20-17(29-22)9-10-19-21(20)25-14(4)30-19/h7-8,11,13,22H,5-6,9-10,12H2,1-4H3,(H,24,26). The summed E-state index contributed by atoms with van der Waals surface area (Å²) in [6.45, 7) is 9.50. The molecule has 0 saturated heterocycles. The molecule has 1 amide bonds. The van der Waals surface area contributed by atoms with Crippen molar-refractivity contribution in [1.29, 1.82) is 0 Å². The van der Waals surface area contributed by atoms with E-state index in [-0.39, 0.29) is 11.8 Å². The number of aromatic nitrogens is 1. The van der Waals surface area contributed by atoms with Crippen LogP contribution in [0.3, 0.4) is 0 Å². The number of carbonyl (C=O) groups is 1. The number of rotatable bonds is 7. The Morgan fingerprint density at radius 3 is 2.77 bits per heavy atom. The van der Waals surface area contributed by atoms with E-state index in [0.29, 0.717) is 31.3 Å². The summed E-state index contributed by atoms with van der Waals surface area (Å²) in [5.74, 6) is 2.23. The van der Waals surface area contributed by atoms with Crippen LogP contribution in [-0.4, -0.2) is 30.2 Å². The van der Waals surface area contributed by atoms with Gasteiger partial charge in [-0.25, -0.2) is 4.98 Å². The first-order chi connectivity index (χ1) is 14.5. The fourth-order valence-corrected chi connectivity index (χ4v) is 5.07. The van der Waals surface area contributed by atoms with Crippen molar-refractivity contribution < 1.29 is 19.0 Å². The van der Waals surface area contributed by atoms with E-state index in [1.807, 2.05) is 39.0 Å². The highest BCUT2D eigenvalue weighted by Crippen LogP contribution is 2.45. The summed E-state index contributed by atoms with van der Waals surface area (Å²) >= 11 is 1.74. The highest BCUT2D eigenvalue weighted by atomic mass is 32.1. The first kappa shape index (κ1) is 20.7. The predicted octanol–water partition coefficient (Wildman–Crippen LogP) is 4.26. The van der Waals surface area contributed by atoms with Gasteiger partial charge in [0.25, 0.3) is 5.91 Å². The number of ether oxygens (including phenoxy) is 3. The number of fused-ring (bicyclic) bond motifs is 2. The maximum Gasteiger partial charge on any atom is 0.261 e. The van der Waals surface area contributed by atoms with E-state index in [1.165, 1.54) is 4.88 Å². The van der Waals surface area contributed by atoms with Crippen LogP contribution in [0, 0.1) is 12.8 Å². The van der Waals surface area contributed by atoms with Crippen molar-refractivity contribution in [2.24, 2.45) is 5.92 Å². The molecule has 2 unspecified atom stereocenters. The second-order valence-corrected chi connectivity index (χ2v) is 8.82. The van der Waals surface area contributed by atoms with Crippen molar-refractivity contribution in [2.75, 3.05) is 13.2 Å². The molecule has 0 spiro atoms. The number of nitrogens with one attached hydrogen (secondary N) is 1. The van der Waals surface area contributed by atoms with Gasteiger partial charge in [-0.15, -0.1) is 11.3 Å². The summed E-state index contributed by atoms with van der Waals surface area (Å²) in [6, 6.07) is 5.75. The quantitative estimate of drug-likeness (QED) is 0.714. The average Bonchev–Trinajstić information content (AvgIpc) is 3.27. The number of aryl methyl sites for hydroxylation is 2. The lowest BCUT2D eigenvalue weighted by molar-refractivity contribution is -0.131. The Morgan fingerprint density at radius 1 is 1.23 bits per heavy atom. The second kappa shape index (κ2) is 8.68. The number of thiazole rings is 1. The third kappa shape index (κ3) is 3.90. The first-order valence-electron chi connectivity index (χ1n) is 10.5. The fourth-order valence-electron chi connectivity index (χ4n) is 4.12. The zero-order valence-electron chi connectivity index (χ0n) is 17.9. The molecule has 0 radical (unpaired) electrons. The van der Waals surface area contributed by atoms with Crippen LogP contribution in [0.15, 0.2) is 24.0 Å². The van der Waals surface area contributed by atoms with Gasteiger partial charge in [-0.2, -0.15) is 0 Å². The van der Waals surface area contributed by atoms with Crippen molar-refractivity contribution in [3.8, 4) is 11.5 Å². The lowest BCUT2D eigenvalue weighted by Crippen LogP contribution is -2.37. The van der Waals surface area contributed by atoms with E-state index in [4.69, 9.17) is 19.2 Å². The molecule has 160 valence electrons. The van der Waals surface area contributed by atoms with Crippen molar-refractivity contribution in [2.45, 2.75) is 53.2 Å². The Labute approximate surface area is 181 Å². The fraction of sp³-hybridized carbons (Fsp3) is 0.478. The summed E-state index contributed by atoms with van der Waals surface area (Å²) in [7, 11) is 0. The lowest BCUT2D eigenvalue weighted by Gasteiger charge is -2.17. The number of hydrogen-bond acceptors (Lipinski definition) is 6. The van der Waals surface area contributed by atoms with Crippen LogP contribution in [0.1, 0.15) is 48.3 Å². The number of carbonyl (C=O) groups excluding carboxylic acids is 1. The Balaban J connectivity index is 1.43. The molecule has 0 saturated carbocycles. The summed E-state index contributed by atoms with van der Waals surface area (Å²) in [5.41, 5.74) is 3.10. The minimum Gasteiger partial charge on any atom is -0.490 e. The number of benzene rings is 1. The van der Waals surface area contributed by atoms with E-state index in [0.717, 1.165) is 40.4 Å². The smallest absolute Gasteiger partial charge is 0.261 e. The number of nitrogens with zero attached hydrogens (tertiary/aromatic N) is 1. The topological polar surface area (TPSA) is 69.7 Å². The van der Waals surface area contributed by atoms with Gasteiger partial charge in [0.2, 0.25) is 0 Å². The largest absolute Gasteiger partial charge is 0.490 e. The first-order valence-corrected chi connectivity index (χ1v) is 11.4. The molecular weight excluding hydrogens is 400 g/mol. The van der Waals surface area contributed by atoms with Gasteiger partial charge in [-0.05, 0) is 44.9 Å². The van der Waals surface area contributed by atoms with Gasteiger partial charge >= 0.3 is 0 Å². The SMILES string of the molecule is CCOc1ccc(CNC(=O)C2OC3=C(c4nc(C)sc4CC3)C2C)cc1OCC. The summed E-state index contributed by atoms with van der Waals surface area (Å²) in [5, 5.41) is 4.09. The molecule has 2 heterocycles. The monoisotopic (exact) mass is 428 g/mol. The second-order valence-electron chi connectivity index (χ2n) is 7.53. The maximum atomic E-state index is 12.9. The van der Waals surface area contributed by atoms with Crippen molar-refractivity contribution in [1.82, 2.24) is 10.3 Å². The van der Waals surface area contributed by atoms with Crippen LogP contribution in [-0.2, 0) is 22.5 Å². The average molecular weight is 429 g/mol. The molecule has 0 bridgehead atoms. The molecule has 4 rings (SSSR count). The number of amides is 1. The van der Waals surface area contributed by atoms with E-state index in [9.17, 15) is 4.79 Å². The highest BCUT2D eigenvalue weighted by molar-refractivity contribution is 7.11. The van der Waals surface area contributed by atoms with Crippen LogP contribution in [0.2, 0.25) is 0 Å². The summed E-state index contributed by atoms with van der Waals surface area (Å²) in [6.07, 6.45) is 1.26. The maximum absolute atomic E-state index is 12.9. The summed E-state index contributed by atoms with van der Waals surface area (Å²) in [4.78, 5) is 18.9. The van der Waals surface area contributed by atoms with Gasteiger partial charge < -0.3 is 19.5 Å².